The molecule has 4 heteroatoms. The molecular formula is C19H21N3O. The highest BCUT2D eigenvalue weighted by molar-refractivity contribution is 5.58. The summed E-state index contributed by atoms with van der Waals surface area (Å²) in [5, 5.41) is 18.2. The molecule has 0 aliphatic heterocycles. The normalized spacial score (nSPS) is 12.3. The standard InChI is InChI=1S/C19H21N3O/c1-2-6-15-9-11-16(12-10-15)18-13-22(21-20-18)19(14-23)17-7-4-3-5-8-17/h3-5,7-13,19,23H,2,6,14H2,1H3/t19-/m1/s1. The van der Waals surface area contributed by atoms with E-state index in [0.29, 0.717) is 0 Å². The monoisotopic (exact) mass is 307 g/mol. The zero-order chi connectivity index (χ0) is 16.1. The number of aryl methyl sites for hydroxylation is 1. The van der Waals surface area contributed by atoms with E-state index in [9.17, 15) is 5.11 Å². The van der Waals surface area contributed by atoms with Gasteiger partial charge in [-0.15, -0.1) is 5.10 Å². The van der Waals surface area contributed by atoms with E-state index in [1.165, 1.54) is 5.56 Å². The van der Waals surface area contributed by atoms with Crippen LogP contribution in [0.2, 0.25) is 0 Å². The van der Waals surface area contributed by atoms with Gasteiger partial charge in [0.15, 0.2) is 0 Å². The van der Waals surface area contributed by atoms with Crippen molar-refractivity contribution in [3.63, 3.8) is 0 Å². The number of aliphatic hydroxyl groups excluding tert-OH is 1. The lowest BCUT2D eigenvalue weighted by molar-refractivity contribution is 0.239. The minimum absolute atomic E-state index is 0.0117. The van der Waals surface area contributed by atoms with Gasteiger partial charge in [-0.05, 0) is 17.5 Å². The second-order valence-corrected chi connectivity index (χ2v) is 5.64. The summed E-state index contributed by atoms with van der Waals surface area (Å²) in [5.41, 5.74) is 4.22. The van der Waals surface area contributed by atoms with Crippen LogP contribution in [0.1, 0.15) is 30.5 Å². The fourth-order valence-electron chi connectivity index (χ4n) is 2.71. The van der Waals surface area contributed by atoms with Crippen molar-refractivity contribution >= 4 is 0 Å². The molecule has 1 atom stereocenters. The highest BCUT2D eigenvalue weighted by Crippen LogP contribution is 2.21. The van der Waals surface area contributed by atoms with Crippen LogP contribution in [-0.2, 0) is 6.42 Å². The summed E-state index contributed by atoms with van der Waals surface area (Å²) in [7, 11) is 0. The molecule has 4 nitrogen and oxygen atoms in total. The Bertz CT molecular complexity index is 735. The van der Waals surface area contributed by atoms with Crippen molar-refractivity contribution in [3.8, 4) is 11.3 Å². The molecule has 3 rings (SSSR count). The van der Waals surface area contributed by atoms with E-state index in [4.69, 9.17) is 0 Å². The first-order chi connectivity index (χ1) is 11.3. The highest BCUT2D eigenvalue weighted by Gasteiger charge is 2.15. The molecule has 0 unspecified atom stereocenters. The van der Waals surface area contributed by atoms with Crippen LogP contribution in [0.4, 0.5) is 0 Å². The lowest BCUT2D eigenvalue weighted by atomic mass is 10.1. The fourth-order valence-corrected chi connectivity index (χ4v) is 2.71. The number of hydrogen-bond donors (Lipinski definition) is 1. The van der Waals surface area contributed by atoms with Gasteiger partial charge in [-0.1, -0.05) is 73.2 Å². The maximum atomic E-state index is 9.72. The minimum Gasteiger partial charge on any atom is -0.394 e. The number of nitrogens with zero attached hydrogens (tertiary/aromatic N) is 3. The van der Waals surface area contributed by atoms with Gasteiger partial charge in [0.05, 0.1) is 12.8 Å². The van der Waals surface area contributed by atoms with Crippen molar-refractivity contribution in [2.75, 3.05) is 6.61 Å². The molecular weight excluding hydrogens is 286 g/mol. The van der Waals surface area contributed by atoms with E-state index in [0.717, 1.165) is 29.7 Å². The lowest BCUT2D eigenvalue weighted by Gasteiger charge is -2.14. The fraction of sp³-hybridized carbons (Fsp3) is 0.263. The van der Waals surface area contributed by atoms with Crippen LogP contribution in [0.25, 0.3) is 11.3 Å². The number of rotatable bonds is 6. The van der Waals surface area contributed by atoms with Gasteiger partial charge in [-0.2, -0.15) is 0 Å². The molecule has 0 saturated carbocycles. The zero-order valence-electron chi connectivity index (χ0n) is 13.3. The van der Waals surface area contributed by atoms with Crippen LogP contribution < -0.4 is 0 Å². The molecule has 0 saturated heterocycles. The first-order valence-corrected chi connectivity index (χ1v) is 7.98. The number of aliphatic hydroxyl groups is 1. The van der Waals surface area contributed by atoms with E-state index in [1.807, 2.05) is 36.5 Å². The molecule has 0 spiro atoms. The van der Waals surface area contributed by atoms with Crippen LogP contribution in [0.15, 0.2) is 60.8 Å². The Balaban J connectivity index is 1.84. The molecule has 23 heavy (non-hydrogen) atoms. The minimum atomic E-state index is -0.211. The Kier molecular flexibility index (Phi) is 4.83. The molecule has 118 valence electrons. The molecule has 0 aliphatic rings. The largest absolute Gasteiger partial charge is 0.394 e. The van der Waals surface area contributed by atoms with Gasteiger partial charge in [-0.3, -0.25) is 0 Å². The second-order valence-electron chi connectivity index (χ2n) is 5.64. The third-order valence-electron chi connectivity index (χ3n) is 3.98. The average Bonchev–Trinajstić information content (AvgIpc) is 3.07. The van der Waals surface area contributed by atoms with E-state index in [2.05, 4.69) is 41.5 Å². The zero-order valence-corrected chi connectivity index (χ0v) is 13.3. The van der Waals surface area contributed by atoms with Crippen molar-refractivity contribution in [1.82, 2.24) is 15.0 Å². The third-order valence-corrected chi connectivity index (χ3v) is 3.98. The summed E-state index contributed by atoms with van der Waals surface area (Å²) in [5.74, 6) is 0. The van der Waals surface area contributed by atoms with Crippen LogP contribution in [-0.4, -0.2) is 26.7 Å². The molecule has 0 amide bonds. The van der Waals surface area contributed by atoms with Gasteiger partial charge in [0, 0.05) is 5.56 Å². The summed E-state index contributed by atoms with van der Waals surface area (Å²) >= 11 is 0. The van der Waals surface area contributed by atoms with Crippen LogP contribution in [0.3, 0.4) is 0 Å². The summed E-state index contributed by atoms with van der Waals surface area (Å²) in [6.07, 6.45) is 4.13. The van der Waals surface area contributed by atoms with Crippen molar-refractivity contribution < 1.29 is 5.11 Å². The van der Waals surface area contributed by atoms with E-state index in [1.54, 1.807) is 4.68 Å². The van der Waals surface area contributed by atoms with Gasteiger partial charge < -0.3 is 5.11 Å². The smallest absolute Gasteiger partial charge is 0.113 e. The Morgan fingerprint density at radius 3 is 2.43 bits per heavy atom. The van der Waals surface area contributed by atoms with Crippen LogP contribution in [0.5, 0.6) is 0 Å². The molecule has 2 aromatic carbocycles. The summed E-state index contributed by atoms with van der Waals surface area (Å²) < 4.78 is 1.73. The summed E-state index contributed by atoms with van der Waals surface area (Å²) in [4.78, 5) is 0. The summed E-state index contributed by atoms with van der Waals surface area (Å²) in [6.45, 7) is 2.17. The van der Waals surface area contributed by atoms with Gasteiger partial charge in [0.25, 0.3) is 0 Å². The van der Waals surface area contributed by atoms with Crippen molar-refractivity contribution in [3.05, 3.63) is 71.9 Å². The predicted molar refractivity (Wildman–Crippen MR) is 91.1 cm³/mol. The number of hydrogen-bond acceptors (Lipinski definition) is 3. The quantitative estimate of drug-likeness (QED) is 0.758. The highest BCUT2D eigenvalue weighted by atomic mass is 16.3. The maximum absolute atomic E-state index is 9.72. The van der Waals surface area contributed by atoms with Gasteiger partial charge in [-0.25, -0.2) is 4.68 Å². The van der Waals surface area contributed by atoms with Crippen molar-refractivity contribution in [2.24, 2.45) is 0 Å². The molecule has 0 fully saturated rings. The Hall–Kier alpha value is -2.46. The van der Waals surface area contributed by atoms with Crippen LogP contribution in [0, 0.1) is 0 Å². The van der Waals surface area contributed by atoms with Gasteiger partial charge >= 0.3 is 0 Å². The molecule has 0 radical (unpaired) electrons. The maximum Gasteiger partial charge on any atom is 0.113 e. The van der Waals surface area contributed by atoms with E-state index >= 15 is 0 Å². The Morgan fingerprint density at radius 2 is 1.78 bits per heavy atom. The molecule has 0 bridgehead atoms. The van der Waals surface area contributed by atoms with Gasteiger partial charge in [0.1, 0.15) is 11.7 Å². The van der Waals surface area contributed by atoms with Crippen molar-refractivity contribution in [2.45, 2.75) is 25.8 Å². The molecule has 1 N–H and O–H groups in total. The molecule has 1 aromatic heterocycles. The average molecular weight is 307 g/mol. The molecule has 0 aliphatic carbocycles. The Labute approximate surface area is 136 Å². The lowest BCUT2D eigenvalue weighted by Crippen LogP contribution is -2.15. The second kappa shape index (κ2) is 7.20. The SMILES string of the molecule is CCCc1ccc(-c2cn([C@H](CO)c3ccccc3)nn2)cc1. The molecule has 3 aromatic rings. The van der Waals surface area contributed by atoms with Crippen molar-refractivity contribution in [1.29, 1.82) is 0 Å². The number of benzene rings is 2. The van der Waals surface area contributed by atoms with Crippen LogP contribution >= 0.6 is 0 Å². The first-order valence-electron chi connectivity index (χ1n) is 7.98. The molecule has 1 heterocycles. The van der Waals surface area contributed by atoms with E-state index < -0.39 is 0 Å². The first kappa shape index (κ1) is 15.4. The van der Waals surface area contributed by atoms with E-state index in [-0.39, 0.29) is 12.6 Å². The van der Waals surface area contributed by atoms with Gasteiger partial charge in [0.2, 0.25) is 0 Å². The summed E-state index contributed by atoms with van der Waals surface area (Å²) in [6, 6.07) is 18.1. The number of aromatic nitrogens is 3. The predicted octanol–water partition coefficient (Wildman–Crippen LogP) is 3.48. The topological polar surface area (TPSA) is 50.9 Å². The third kappa shape index (κ3) is 3.48. The Morgan fingerprint density at radius 1 is 1.04 bits per heavy atom.